The van der Waals surface area contributed by atoms with Crippen LogP contribution >= 0.6 is 12.4 Å². The van der Waals surface area contributed by atoms with Crippen molar-refractivity contribution < 1.29 is 0 Å². The van der Waals surface area contributed by atoms with E-state index >= 15 is 0 Å². The maximum atomic E-state index is 3.97. The van der Waals surface area contributed by atoms with E-state index in [4.69, 9.17) is 0 Å². The summed E-state index contributed by atoms with van der Waals surface area (Å²) in [5, 5.41) is 3.97. The van der Waals surface area contributed by atoms with Gasteiger partial charge in [-0.25, -0.2) is 0 Å². The topological polar surface area (TPSA) is 12.0 Å². The van der Waals surface area contributed by atoms with Crippen molar-refractivity contribution in [2.75, 3.05) is 0 Å². The molecule has 2 bridgehead atoms. The number of rotatable bonds is 3. The Morgan fingerprint density at radius 2 is 1.90 bits per heavy atom. The van der Waals surface area contributed by atoms with Gasteiger partial charge in [-0.3, -0.25) is 0 Å². The van der Waals surface area contributed by atoms with E-state index in [2.05, 4.69) is 43.4 Å². The second kappa shape index (κ2) is 5.93. The third-order valence-electron chi connectivity index (χ3n) is 6.43. The molecule has 4 rings (SSSR count). The molecule has 3 aliphatic rings. The van der Waals surface area contributed by atoms with Gasteiger partial charge in [-0.05, 0) is 68.8 Å². The number of hydrogen-bond acceptors (Lipinski definition) is 1. The summed E-state index contributed by atoms with van der Waals surface area (Å²) in [6.07, 6.45) is 7.52. The number of fused-ring (bicyclic) bond motifs is 5. The standard InChI is InChI=1S/C19H27N.ClH/c1-12-5-3-6-14(9-12)13(2)20-19-11-15-10-18(19)17-8-4-7-16(15)17;/h3,5-6,9,13,15-20H,4,7-8,10-11H2,1-2H3;1H/t13?,15?,16-,17-,18?,19-;/m1./s1. The van der Waals surface area contributed by atoms with Crippen molar-refractivity contribution in [3.63, 3.8) is 0 Å². The van der Waals surface area contributed by atoms with Crippen LogP contribution in [0.1, 0.15) is 56.2 Å². The number of benzene rings is 1. The van der Waals surface area contributed by atoms with Gasteiger partial charge in [-0.1, -0.05) is 36.2 Å². The van der Waals surface area contributed by atoms with E-state index in [1.54, 1.807) is 0 Å². The minimum absolute atomic E-state index is 0. The van der Waals surface area contributed by atoms with E-state index in [1.165, 1.54) is 43.2 Å². The Bertz CT molecular complexity index is 500. The number of aryl methyl sites for hydroxylation is 1. The van der Waals surface area contributed by atoms with Crippen LogP contribution in [0.4, 0.5) is 0 Å². The Balaban J connectivity index is 0.00000132. The zero-order valence-electron chi connectivity index (χ0n) is 13.2. The average molecular weight is 306 g/mol. The van der Waals surface area contributed by atoms with E-state index in [1.807, 2.05) is 0 Å². The molecule has 0 heterocycles. The van der Waals surface area contributed by atoms with Crippen LogP contribution in [0.25, 0.3) is 0 Å². The molecule has 1 aromatic carbocycles. The summed E-state index contributed by atoms with van der Waals surface area (Å²) >= 11 is 0. The molecule has 0 aliphatic heterocycles. The van der Waals surface area contributed by atoms with Crippen molar-refractivity contribution in [3.05, 3.63) is 35.4 Å². The summed E-state index contributed by atoms with van der Waals surface area (Å²) in [4.78, 5) is 0. The first-order valence-corrected chi connectivity index (χ1v) is 8.55. The van der Waals surface area contributed by atoms with E-state index in [0.717, 1.165) is 29.7 Å². The van der Waals surface area contributed by atoms with Crippen molar-refractivity contribution >= 4 is 12.4 Å². The molecule has 116 valence electrons. The van der Waals surface area contributed by atoms with Crippen LogP contribution in [0.5, 0.6) is 0 Å². The summed E-state index contributed by atoms with van der Waals surface area (Å²) in [5.74, 6) is 4.21. The molecule has 3 unspecified atom stereocenters. The van der Waals surface area contributed by atoms with Crippen molar-refractivity contribution in [2.45, 2.75) is 58.0 Å². The fourth-order valence-electron chi connectivity index (χ4n) is 5.62. The Kier molecular flexibility index (Phi) is 4.34. The lowest BCUT2D eigenvalue weighted by atomic mass is 9.79. The lowest BCUT2D eigenvalue weighted by Gasteiger charge is -2.34. The molecule has 1 N–H and O–H groups in total. The molecule has 2 heteroatoms. The SMILES string of the molecule is Cc1cccc(C(C)N[C@@H]2CC3CC2[C@@H]2CCC[C@H]32)c1.Cl. The van der Waals surface area contributed by atoms with Crippen LogP contribution in [0.15, 0.2) is 24.3 Å². The normalized spacial score (nSPS) is 38.1. The first-order valence-electron chi connectivity index (χ1n) is 8.55. The number of halogens is 1. The van der Waals surface area contributed by atoms with Gasteiger partial charge in [-0.15, -0.1) is 12.4 Å². The van der Waals surface area contributed by atoms with E-state index in [9.17, 15) is 0 Å². The predicted octanol–water partition coefficient (Wildman–Crippen LogP) is 4.89. The maximum Gasteiger partial charge on any atom is 0.0294 e. The monoisotopic (exact) mass is 305 g/mol. The van der Waals surface area contributed by atoms with E-state index in [0.29, 0.717) is 6.04 Å². The smallest absolute Gasteiger partial charge is 0.0294 e. The van der Waals surface area contributed by atoms with Crippen molar-refractivity contribution in [1.82, 2.24) is 5.32 Å². The van der Waals surface area contributed by atoms with Gasteiger partial charge in [0.15, 0.2) is 0 Å². The molecule has 0 radical (unpaired) electrons. The molecule has 3 saturated carbocycles. The molecule has 0 amide bonds. The van der Waals surface area contributed by atoms with Gasteiger partial charge in [0.1, 0.15) is 0 Å². The number of nitrogens with one attached hydrogen (secondary N) is 1. The minimum Gasteiger partial charge on any atom is -0.307 e. The molecular formula is C19H28ClN. The van der Waals surface area contributed by atoms with Gasteiger partial charge in [0.2, 0.25) is 0 Å². The minimum atomic E-state index is 0. The zero-order valence-corrected chi connectivity index (χ0v) is 14.0. The zero-order chi connectivity index (χ0) is 13.7. The summed E-state index contributed by atoms with van der Waals surface area (Å²) in [5.41, 5.74) is 2.83. The molecule has 3 fully saturated rings. The highest BCUT2D eigenvalue weighted by molar-refractivity contribution is 5.85. The lowest BCUT2D eigenvalue weighted by molar-refractivity contribution is 0.200. The highest BCUT2D eigenvalue weighted by atomic mass is 35.5. The third-order valence-corrected chi connectivity index (χ3v) is 6.43. The van der Waals surface area contributed by atoms with Gasteiger partial charge in [0, 0.05) is 12.1 Å². The Morgan fingerprint density at radius 1 is 1.10 bits per heavy atom. The third kappa shape index (κ3) is 2.64. The Labute approximate surface area is 135 Å². The highest BCUT2D eigenvalue weighted by Crippen LogP contribution is 2.58. The molecule has 0 saturated heterocycles. The summed E-state index contributed by atoms with van der Waals surface area (Å²) < 4.78 is 0. The quantitative estimate of drug-likeness (QED) is 0.838. The Hall–Kier alpha value is -0.530. The molecule has 1 aromatic rings. The summed E-state index contributed by atoms with van der Waals surface area (Å²) in [6.45, 7) is 4.53. The van der Waals surface area contributed by atoms with Gasteiger partial charge >= 0.3 is 0 Å². The number of hydrogen-bond donors (Lipinski definition) is 1. The van der Waals surface area contributed by atoms with Crippen molar-refractivity contribution in [2.24, 2.45) is 23.7 Å². The van der Waals surface area contributed by atoms with E-state index in [-0.39, 0.29) is 12.4 Å². The van der Waals surface area contributed by atoms with Gasteiger partial charge in [-0.2, -0.15) is 0 Å². The van der Waals surface area contributed by atoms with Crippen LogP contribution in [-0.2, 0) is 0 Å². The largest absolute Gasteiger partial charge is 0.307 e. The van der Waals surface area contributed by atoms with Crippen LogP contribution < -0.4 is 5.32 Å². The van der Waals surface area contributed by atoms with Crippen LogP contribution in [-0.4, -0.2) is 6.04 Å². The average Bonchev–Trinajstić information content (AvgIpc) is 3.10. The second-order valence-corrected chi connectivity index (χ2v) is 7.56. The van der Waals surface area contributed by atoms with Gasteiger partial charge in [0.05, 0.1) is 0 Å². The maximum absolute atomic E-state index is 3.97. The first-order chi connectivity index (χ1) is 9.72. The molecule has 21 heavy (non-hydrogen) atoms. The summed E-state index contributed by atoms with van der Waals surface area (Å²) in [7, 11) is 0. The molecule has 0 aromatic heterocycles. The van der Waals surface area contributed by atoms with Gasteiger partial charge in [0.25, 0.3) is 0 Å². The molecular weight excluding hydrogens is 278 g/mol. The van der Waals surface area contributed by atoms with E-state index < -0.39 is 0 Å². The molecule has 0 spiro atoms. The van der Waals surface area contributed by atoms with Crippen LogP contribution in [0.2, 0.25) is 0 Å². The molecule has 3 aliphatic carbocycles. The van der Waals surface area contributed by atoms with Gasteiger partial charge < -0.3 is 5.32 Å². The van der Waals surface area contributed by atoms with Crippen LogP contribution in [0, 0.1) is 30.6 Å². The summed E-state index contributed by atoms with van der Waals surface area (Å²) in [6, 6.07) is 10.3. The molecule has 6 atom stereocenters. The predicted molar refractivity (Wildman–Crippen MR) is 90.8 cm³/mol. The Morgan fingerprint density at radius 3 is 2.71 bits per heavy atom. The lowest BCUT2D eigenvalue weighted by Crippen LogP contribution is -2.40. The fraction of sp³-hybridized carbons (Fsp3) is 0.684. The highest BCUT2D eigenvalue weighted by Gasteiger charge is 2.53. The second-order valence-electron chi connectivity index (χ2n) is 7.56. The van der Waals surface area contributed by atoms with Crippen LogP contribution in [0.3, 0.4) is 0 Å². The first kappa shape index (κ1) is 15.4. The van der Waals surface area contributed by atoms with Crippen molar-refractivity contribution in [3.8, 4) is 0 Å². The van der Waals surface area contributed by atoms with Crippen molar-refractivity contribution in [1.29, 1.82) is 0 Å². The fourth-order valence-corrected chi connectivity index (χ4v) is 5.62. The molecule has 1 nitrogen and oxygen atoms in total.